The Morgan fingerprint density at radius 1 is 1.59 bits per heavy atom. The molecule has 2 aromatic heterocycles. The summed E-state index contributed by atoms with van der Waals surface area (Å²) in [6, 6.07) is 1.85. The van der Waals surface area contributed by atoms with E-state index >= 15 is 0 Å². The minimum absolute atomic E-state index is 0.119. The summed E-state index contributed by atoms with van der Waals surface area (Å²) in [4.78, 5) is 15.2. The van der Waals surface area contributed by atoms with Gasteiger partial charge in [0.25, 0.3) is 0 Å². The van der Waals surface area contributed by atoms with E-state index in [1.165, 1.54) is 10.7 Å². The van der Waals surface area contributed by atoms with Crippen LogP contribution in [0.3, 0.4) is 0 Å². The molecule has 0 radical (unpaired) electrons. The topological polar surface area (TPSA) is 79.5 Å². The lowest BCUT2D eigenvalue weighted by Gasteiger charge is -2.07. The average Bonchev–Trinajstić information content (AvgIpc) is 2.69. The number of carboxylic acids is 1. The van der Waals surface area contributed by atoms with Gasteiger partial charge in [0.2, 0.25) is 0 Å². The molecule has 0 saturated heterocycles. The van der Waals surface area contributed by atoms with Crippen LogP contribution in [0.25, 0.3) is 5.65 Å². The molecule has 0 bridgehead atoms. The standard InChI is InChI=1S/C11H14N4O2/c1-3-4-12-9-5-7(2)14-10-8(11(16)17)6-13-15(9)10/h5-6,12H,3-4H2,1-2H3,(H,16,17). The molecule has 2 rings (SSSR count). The fourth-order valence-electron chi connectivity index (χ4n) is 1.61. The van der Waals surface area contributed by atoms with Crippen molar-refractivity contribution in [3.8, 4) is 0 Å². The van der Waals surface area contributed by atoms with Crippen molar-refractivity contribution in [1.82, 2.24) is 14.6 Å². The average molecular weight is 234 g/mol. The second-order valence-corrected chi connectivity index (χ2v) is 3.81. The van der Waals surface area contributed by atoms with E-state index in [-0.39, 0.29) is 5.56 Å². The first-order valence-electron chi connectivity index (χ1n) is 5.46. The van der Waals surface area contributed by atoms with Crippen molar-refractivity contribution in [2.45, 2.75) is 20.3 Å². The van der Waals surface area contributed by atoms with E-state index in [1.807, 2.05) is 13.0 Å². The molecule has 0 saturated carbocycles. The zero-order valence-electron chi connectivity index (χ0n) is 9.77. The summed E-state index contributed by atoms with van der Waals surface area (Å²) in [5.41, 5.74) is 1.25. The van der Waals surface area contributed by atoms with Crippen molar-refractivity contribution in [2.75, 3.05) is 11.9 Å². The highest BCUT2D eigenvalue weighted by Crippen LogP contribution is 2.15. The van der Waals surface area contributed by atoms with Crippen LogP contribution in [0, 0.1) is 6.92 Å². The van der Waals surface area contributed by atoms with E-state index in [0.29, 0.717) is 5.65 Å². The third-order valence-corrected chi connectivity index (χ3v) is 2.39. The fourth-order valence-corrected chi connectivity index (χ4v) is 1.61. The van der Waals surface area contributed by atoms with Crippen molar-refractivity contribution in [3.05, 3.63) is 23.5 Å². The third kappa shape index (κ3) is 2.06. The normalized spacial score (nSPS) is 10.7. The van der Waals surface area contributed by atoms with Crippen LogP contribution >= 0.6 is 0 Å². The Labute approximate surface area is 98.3 Å². The van der Waals surface area contributed by atoms with Crippen molar-refractivity contribution < 1.29 is 9.90 Å². The molecule has 17 heavy (non-hydrogen) atoms. The number of hydrogen-bond donors (Lipinski definition) is 2. The summed E-state index contributed by atoms with van der Waals surface area (Å²) >= 11 is 0. The smallest absolute Gasteiger partial charge is 0.341 e. The lowest BCUT2D eigenvalue weighted by atomic mass is 10.3. The molecular weight excluding hydrogens is 220 g/mol. The van der Waals surface area contributed by atoms with Gasteiger partial charge in [-0.3, -0.25) is 0 Å². The van der Waals surface area contributed by atoms with E-state index in [2.05, 4.69) is 22.3 Å². The maximum atomic E-state index is 11.0. The van der Waals surface area contributed by atoms with Gasteiger partial charge in [-0.05, 0) is 13.3 Å². The second kappa shape index (κ2) is 4.40. The number of aryl methyl sites for hydroxylation is 1. The Hall–Kier alpha value is -2.11. The molecule has 0 aromatic carbocycles. The number of carbonyl (C=O) groups is 1. The van der Waals surface area contributed by atoms with Crippen LogP contribution in [0.4, 0.5) is 5.82 Å². The number of nitrogens with one attached hydrogen (secondary N) is 1. The second-order valence-electron chi connectivity index (χ2n) is 3.81. The van der Waals surface area contributed by atoms with Gasteiger partial charge in [0.1, 0.15) is 11.4 Å². The molecule has 0 aliphatic rings. The first-order valence-corrected chi connectivity index (χ1v) is 5.46. The summed E-state index contributed by atoms with van der Waals surface area (Å²) in [5.74, 6) is -0.249. The van der Waals surface area contributed by atoms with Gasteiger partial charge in [-0.1, -0.05) is 6.92 Å². The largest absolute Gasteiger partial charge is 0.477 e. The van der Waals surface area contributed by atoms with E-state index in [0.717, 1.165) is 24.5 Å². The molecule has 0 spiro atoms. The highest BCUT2D eigenvalue weighted by molar-refractivity contribution is 5.94. The Morgan fingerprint density at radius 2 is 2.35 bits per heavy atom. The molecule has 6 nitrogen and oxygen atoms in total. The molecule has 90 valence electrons. The molecule has 6 heteroatoms. The Kier molecular flexibility index (Phi) is 2.95. The minimum Gasteiger partial charge on any atom is -0.477 e. The maximum absolute atomic E-state index is 11.0. The van der Waals surface area contributed by atoms with E-state index in [4.69, 9.17) is 5.11 Å². The van der Waals surface area contributed by atoms with Gasteiger partial charge >= 0.3 is 5.97 Å². The number of nitrogens with zero attached hydrogens (tertiary/aromatic N) is 3. The zero-order valence-corrected chi connectivity index (χ0v) is 9.77. The lowest BCUT2D eigenvalue weighted by Crippen LogP contribution is -2.08. The van der Waals surface area contributed by atoms with Crippen LogP contribution in [-0.4, -0.2) is 32.2 Å². The van der Waals surface area contributed by atoms with Gasteiger partial charge < -0.3 is 10.4 Å². The molecule has 0 fully saturated rings. The Morgan fingerprint density at radius 3 is 3.00 bits per heavy atom. The highest BCUT2D eigenvalue weighted by atomic mass is 16.4. The van der Waals surface area contributed by atoms with Gasteiger partial charge in [-0.25, -0.2) is 9.78 Å². The van der Waals surface area contributed by atoms with Crippen molar-refractivity contribution >= 4 is 17.4 Å². The van der Waals surface area contributed by atoms with E-state index in [9.17, 15) is 4.79 Å². The number of rotatable bonds is 4. The zero-order chi connectivity index (χ0) is 12.4. The number of hydrogen-bond acceptors (Lipinski definition) is 4. The van der Waals surface area contributed by atoms with Gasteiger partial charge in [-0.15, -0.1) is 0 Å². The molecule has 0 atom stereocenters. The first-order chi connectivity index (χ1) is 8.13. The predicted octanol–water partition coefficient (Wildman–Crippen LogP) is 1.56. The molecule has 0 aliphatic heterocycles. The van der Waals surface area contributed by atoms with Crippen LogP contribution in [0.5, 0.6) is 0 Å². The molecule has 2 aromatic rings. The Balaban J connectivity index is 2.57. The predicted molar refractivity (Wildman–Crippen MR) is 63.5 cm³/mol. The molecule has 0 amide bonds. The fraction of sp³-hybridized carbons (Fsp3) is 0.364. The molecule has 2 N–H and O–H groups in total. The third-order valence-electron chi connectivity index (χ3n) is 2.39. The monoisotopic (exact) mass is 234 g/mol. The van der Waals surface area contributed by atoms with Gasteiger partial charge in [-0.2, -0.15) is 9.61 Å². The number of fused-ring (bicyclic) bond motifs is 1. The molecule has 0 aliphatic carbocycles. The lowest BCUT2D eigenvalue weighted by molar-refractivity contribution is 0.0699. The van der Waals surface area contributed by atoms with Crippen molar-refractivity contribution in [3.63, 3.8) is 0 Å². The van der Waals surface area contributed by atoms with Crippen LogP contribution < -0.4 is 5.32 Å². The molecule has 2 heterocycles. The number of aromatic nitrogens is 3. The quantitative estimate of drug-likeness (QED) is 0.839. The van der Waals surface area contributed by atoms with Crippen LogP contribution in [0.15, 0.2) is 12.3 Å². The van der Waals surface area contributed by atoms with E-state index in [1.54, 1.807) is 0 Å². The summed E-state index contributed by atoms with van der Waals surface area (Å²) in [6.45, 7) is 4.70. The van der Waals surface area contributed by atoms with Crippen LogP contribution in [-0.2, 0) is 0 Å². The number of anilines is 1. The van der Waals surface area contributed by atoms with Crippen molar-refractivity contribution in [2.24, 2.45) is 0 Å². The highest BCUT2D eigenvalue weighted by Gasteiger charge is 2.14. The minimum atomic E-state index is -1.01. The molecule has 0 unspecified atom stereocenters. The van der Waals surface area contributed by atoms with Crippen LogP contribution in [0.2, 0.25) is 0 Å². The maximum Gasteiger partial charge on any atom is 0.341 e. The number of carboxylic acid groups (broad SMARTS) is 1. The summed E-state index contributed by atoms with van der Waals surface area (Å²) in [7, 11) is 0. The SMILES string of the molecule is CCCNc1cc(C)nc2c(C(=O)O)cnn12. The van der Waals surface area contributed by atoms with Gasteiger partial charge in [0.05, 0.1) is 6.20 Å². The summed E-state index contributed by atoms with van der Waals surface area (Å²) in [6.07, 6.45) is 2.30. The van der Waals surface area contributed by atoms with Gasteiger partial charge in [0.15, 0.2) is 5.65 Å². The van der Waals surface area contributed by atoms with E-state index < -0.39 is 5.97 Å². The summed E-state index contributed by atoms with van der Waals surface area (Å²) in [5, 5.41) is 16.3. The first kappa shape index (κ1) is 11.4. The summed E-state index contributed by atoms with van der Waals surface area (Å²) < 4.78 is 1.52. The molecular formula is C11H14N4O2. The Bertz CT molecular complexity index is 562. The number of aromatic carboxylic acids is 1. The van der Waals surface area contributed by atoms with Gasteiger partial charge in [0, 0.05) is 18.3 Å². The van der Waals surface area contributed by atoms with Crippen LogP contribution in [0.1, 0.15) is 29.4 Å². The van der Waals surface area contributed by atoms with Crippen molar-refractivity contribution in [1.29, 1.82) is 0 Å².